The van der Waals surface area contributed by atoms with Crippen molar-refractivity contribution in [3.8, 4) is 5.75 Å². The van der Waals surface area contributed by atoms with Crippen molar-refractivity contribution < 1.29 is 9.53 Å². The molecule has 1 heterocycles. The third-order valence-electron chi connectivity index (χ3n) is 5.32. The smallest absolute Gasteiger partial charge is 0.317 e. The van der Waals surface area contributed by atoms with Gasteiger partial charge in [-0.1, -0.05) is 38.1 Å². The predicted octanol–water partition coefficient (Wildman–Crippen LogP) is 3.89. The van der Waals surface area contributed by atoms with E-state index in [1.807, 2.05) is 23.1 Å². The van der Waals surface area contributed by atoms with Crippen molar-refractivity contribution in [2.24, 2.45) is 0 Å². The van der Waals surface area contributed by atoms with E-state index in [9.17, 15) is 4.79 Å². The zero-order chi connectivity index (χ0) is 19.9. The first kappa shape index (κ1) is 20.1. The van der Waals surface area contributed by atoms with Crippen LogP contribution in [0.3, 0.4) is 0 Å². The van der Waals surface area contributed by atoms with Crippen molar-refractivity contribution in [3.05, 3.63) is 59.7 Å². The molecule has 1 aliphatic heterocycles. The highest BCUT2D eigenvalue weighted by Crippen LogP contribution is 2.21. The number of amides is 2. The lowest BCUT2D eigenvalue weighted by Crippen LogP contribution is -2.52. The van der Waals surface area contributed by atoms with E-state index < -0.39 is 0 Å². The summed E-state index contributed by atoms with van der Waals surface area (Å²) in [5.41, 5.74) is 3.76. The molecule has 5 heteroatoms. The maximum absolute atomic E-state index is 12.4. The number of carbonyl (C=O) groups excluding carboxylic acids is 1. The molecule has 2 aromatic rings. The lowest BCUT2D eigenvalue weighted by atomic mass is 10.0. The summed E-state index contributed by atoms with van der Waals surface area (Å²) in [5.74, 6) is 1.40. The number of carbonyl (C=O) groups is 1. The van der Waals surface area contributed by atoms with Crippen LogP contribution in [-0.4, -0.2) is 50.8 Å². The molecule has 0 bridgehead atoms. The van der Waals surface area contributed by atoms with Gasteiger partial charge in [-0.2, -0.15) is 0 Å². The Balaban J connectivity index is 1.43. The third kappa shape index (κ3) is 5.18. The summed E-state index contributed by atoms with van der Waals surface area (Å²) in [6.45, 7) is 8.27. The van der Waals surface area contributed by atoms with Gasteiger partial charge in [0.25, 0.3) is 0 Å². The first-order valence-electron chi connectivity index (χ1n) is 10.1. The Morgan fingerprint density at radius 1 is 1.07 bits per heavy atom. The molecule has 5 nitrogen and oxygen atoms in total. The number of benzene rings is 2. The molecule has 0 aliphatic carbocycles. The minimum atomic E-state index is 0.0256. The molecule has 2 amide bonds. The van der Waals surface area contributed by atoms with E-state index in [1.165, 1.54) is 11.3 Å². The summed E-state index contributed by atoms with van der Waals surface area (Å²) in [7, 11) is 1.67. The van der Waals surface area contributed by atoms with Crippen LogP contribution in [0.4, 0.5) is 10.5 Å². The molecule has 2 aromatic carbocycles. The van der Waals surface area contributed by atoms with Gasteiger partial charge < -0.3 is 19.9 Å². The van der Waals surface area contributed by atoms with Crippen LogP contribution >= 0.6 is 0 Å². The Hall–Kier alpha value is -2.69. The number of anilines is 1. The van der Waals surface area contributed by atoms with Gasteiger partial charge in [-0.05, 0) is 47.7 Å². The number of nitrogens with one attached hydrogen (secondary N) is 1. The van der Waals surface area contributed by atoms with E-state index in [4.69, 9.17) is 4.74 Å². The number of urea groups is 1. The van der Waals surface area contributed by atoms with Crippen molar-refractivity contribution >= 4 is 11.7 Å². The van der Waals surface area contributed by atoms with E-state index >= 15 is 0 Å². The third-order valence-corrected chi connectivity index (χ3v) is 5.32. The molecule has 0 aromatic heterocycles. The summed E-state index contributed by atoms with van der Waals surface area (Å²) < 4.78 is 5.24. The van der Waals surface area contributed by atoms with Crippen LogP contribution in [0.2, 0.25) is 0 Å². The molecule has 0 unspecified atom stereocenters. The van der Waals surface area contributed by atoms with Crippen LogP contribution in [0.5, 0.6) is 5.75 Å². The summed E-state index contributed by atoms with van der Waals surface area (Å²) in [5, 5.41) is 3.04. The molecule has 150 valence electrons. The van der Waals surface area contributed by atoms with Gasteiger partial charge in [0.1, 0.15) is 5.75 Å². The fourth-order valence-electron chi connectivity index (χ4n) is 3.49. The standard InChI is InChI=1S/C23H31N3O2/c1-18(2)20-7-9-21(10-8-20)25-13-15-26(16-14-25)23(27)24-12-11-19-5-4-6-22(17-19)28-3/h4-10,17-18H,11-16H2,1-3H3,(H,24,27). The molecule has 28 heavy (non-hydrogen) atoms. The number of hydrogen-bond donors (Lipinski definition) is 1. The van der Waals surface area contributed by atoms with E-state index in [0.29, 0.717) is 12.5 Å². The minimum Gasteiger partial charge on any atom is -0.497 e. The Kier molecular flexibility index (Phi) is 6.80. The molecular weight excluding hydrogens is 350 g/mol. The Bertz CT molecular complexity index is 766. The molecule has 3 rings (SSSR count). The van der Waals surface area contributed by atoms with Gasteiger partial charge in [0.2, 0.25) is 0 Å². The van der Waals surface area contributed by atoms with Crippen LogP contribution in [0, 0.1) is 0 Å². The van der Waals surface area contributed by atoms with Crippen LogP contribution in [0.15, 0.2) is 48.5 Å². The van der Waals surface area contributed by atoms with Crippen molar-refractivity contribution in [3.63, 3.8) is 0 Å². The quantitative estimate of drug-likeness (QED) is 0.826. The van der Waals surface area contributed by atoms with Gasteiger partial charge in [-0.15, -0.1) is 0 Å². The van der Waals surface area contributed by atoms with Crippen molar-refractivity contribution in [2.45, 2.75) is 26.2 Å². The van der Waals surface area contributed by atoms with Gasteiger partial charge in [-0.25, -0.2) is 4.79 Å². The van der Waals surface area contributed by atoms with Crippen LogP contribution < -0.4 is 15.0 Å². The molecule has 0 atom stereocenters. The molecule has 1 saturated heterocycles. The Labute approximate surface area is 168 Å². The number of nitrogens with zero attached hydrogens (tertiary/aromatic N) is 2. The maximum Gasteiger partial charge on any atom is 0.317 e. The zero-order valence-electron chi connectivity index (χ0n) is 17.1. The van der Waals surface area contributed by atoms with Crippen molar-refractivity contribution in [1.29, 1.82) is 0 Å². The van der Waals surface area contributed by atoms with Gasteiger partial charge >= 0.3 is 6.03 Å². The van der Waals surface area contributed by atoms with Gasteiger partial charge in [0.05, 0.1) is 7.11 Å². The molecule has 1 N–H and O–H groups in total. The second-order valence-electron chi connectivity index (χ2n) is 7.55. The topological polar surface area (TPSA) is 44.8 Å². The average Bonchev–Trinajstić information content (AvgIpc) is 2.74. The van der Waals surface area contributed by atoms with Crippen LogP contribution in [0.25, 0.3) is 0 Å². The first-order chi connectivity index (χ1) is 13.6. The molecule has 0 spiro atoms. The molecule has 1 fully saturated rings. The summed E-state index contributed by atoms with van der Waals surface area (Å²) >= 11 is 0. The second-order valence-corrected chi connectivity index (χ2v) is 7.55. The SMILES string of the molecule is COc1cccc(CCNC(=O)N2CCN(c3ccc(C(C)C)cc3)CC2)c1. The highest BCUT2D eigenvalue weighted by molar-refractivity contribution is 5.74. The Morgan fingerprint density at radius 3 is 2.43 bits per heavy atom. The highest BCUT2D eigenvalue weighted by Gasteiger charge is 2.21. The number of rotatable bonds is 6. The van der Waals surface area contributed by atoms with Gasteiger partial charge in [0.15, 0.2) is 0 Å². The van der Waals surface area contributed by atoms with E-state index in [-0.39, 0.29) is 6.03 Å². The summed E-state index contributed by atoms with van der Waals surface area (Å²) in [6, 6.07) is 16.8. The number of hydrogen-bond acceptors (Lipinski definition) is 3. The number of methoxy groups -OCH3 is 1. The normalized spacial score (nSPS) is 14.3. The lowest BCUT2D eigenvalue weighted by molar-refractivity contribution is 0.194. The molecule has 0 radical (unpaired) electrons. The largest absolute Gasteiger partial charge is 0.497 e. The first-order valence-corrected chi connectivity index (χ1v) is 10.1. The monoisotopic (exact) mass is 381 g/mol. The van der Waals surface area contributed by atoms with Crippen LogP contribution in [0.1, 0.15) is 30.9 Å². The van der Waals surface area contributed by atoms with Gasteiger partial charge in [-0.3, -0.25) is 0 Å². The van der Waals surface area contributed by atoms with Crippen molar-refractivity contribution in [2.75, 3.05) is 44.7 Å². The maximum atomic E-state index is 12.4. The minimum absolute atomic E-state index is 0.0256. The van der Waals surface area contributed by atoms with E-state index in [1.54, 1.807) is 7.11 Å². The molecular formula is C23H31N3O2. The molecule has 0 saturated carbocycles. The summed E-state index contributed by atoms with van der Waals surface area (Å²) in [6.07, 6.45) is 0.797. The lowest BCUT2D eigenvalue weighted by Gasteiger charge is -2.36. The Morgan fingerprint density at radius 2 is 1.79 bits per heavy atom. The number of piperazine rings is 1. The van der Waals surface area contributed by atoms with Crippen molar-refractivity contribution in [1.82, 2.24) is 10.2 Å². The fraction of sp³-hybridized carbons (Fsp3) is 0.435. The average molecular weight is 382 g/mol. The number of ether oxygens (including phenoxy) is 1. The molecule has 1 aliphatic rings. The van der Waals surface area contributed by atoms with E-state index in [0.717, 1.165) is 43.9 Å². The summed E-state index contributed by atoms with van der Waals surface area (Å²) in [4.78, 5) is 16.7. The predicted molar refractivity (Wildman–Crippen MR) is 114 cm³/mol. The van der Waals surface area contributed by atoms with Crippen LogP contribution in [-0.2, 0) is 6.42 Å². The van der Waals surface area contributed by atoms with E-state index in [2.05, 4.69) is 54.4 Å². The highest BCUT2D eigenvalue weighted by atomic mass is 16.5. The second kappa shape index (κ2) is 9.49. The zero-order valence-corrected chi connectivity index (χ0v) is 17.1. The fourth-order valence-corrected chi connectivity index (χ4v) is 3.49. The van der Waals surface area contributed by atoms with Gasteiger partial charge in [0, 0.05) is 38.4 Å².